The molecule has 208 valence electrons. The Morgan fingerprint density at radius 3 is 2.05 bits per heavy atom. The van der Waals surface area contributed by atoms with Crippen LogP contribution < -0.4 is 9.47 Å². The quantitative estimate of drug-likeness (QED) is 0.151. The molecule has 3 aromatic rings. The molecule has 0 aliphatic rings. The highest BCUT2D eigenvalue weighted by atomic mass is 16.7. The summed E-state index contributed by atoms with van der Waals surface area (Å²) in [6.07, 6.45) is 3.21. The van der Waals surface area contributed by atoms with Gasteiger partial charge < -0.3 is 18.9 Å². The van der Waals surface area contributed by atoms with Crippen LogP contribution in [0, 0.1) is 0 Å². The maximum atomic E-state index is 12.0. The summed E-state index contributed by atoms with van der Waals surface area (Å²) in [6, 6.07) is 20.4. The van der Waals surface area contributed by atoms with E-state index >= 15 is 0 Å². The maximum Gasteiger partial charge on any atom is 0.330 e. The van der Waals surface area contributed by atoms with Gasteiger partial charge in [0.05, 0.1) is 12.2 Å². The molecule has 0 bridgehead atoms. The van der Waals surface area contributed by atoms with Gasteiger partial charge in [0.2, 0.25) is 0 Å². The lowest BCUT2D eigenvalue weighted by molar-refractivity contribution is -0.137. The summed E-state index contributed by atoms with van der Waals surface area (Å²) in [5.41, 5.74) is 5.48. The van der Waals surface area contributed by atoms with Crippen LogP contribution in [0.25, 0.3) is 17.2 Å². The number of esters is 1. The maximum absolute atomic E-state index is 12.0. The fourth-order valence-electron chi connectivity index (χ4n) is 4.32. The average molecular weight is 531 g/mol. The summed E-state index contributed by atoms with van der Waals surface area (Å²) >= 11 is 0. The van der Waals surface area contributed by atoms with Gasteiger partial charge in [0.25, 0.3) is 0 Å². The lowest BCUT2D eigenvalue weighted by Gasteiger charge is -2.32. The smallest absolute Gasteiger partial charge is 0.330 e. The van der Waals surface area contributed by atoms with Crippen molar-refractivity contribution >= 4 is 12.0 Å². The normalized spacial score (nSPS) is 12.0. The van der Waals surface area contributed by atoms with E-state index in [0.717, 1.165) is 44.9 Å². The Balaban J connectivity index is 2.31. The van der Waals surface area contributed by atoms with Crippen molar-refractivity contribution in [3.63, 3.8) is 0 Å². The summed E-state index contributed by atoms with van der Waals surface area (Å²) in [7, 11) is 1.62. The molecule has 0 heterocycles. The Kier molecular flexibility index (Phi) is 9.98. The third kappa shape index (κ3) is 7.96. The topological polar surface area (TPSA) is 54.0 Å². The molecule has 0 saturated carbocycles. The minimum absolute atomic E-state index is 0.103. The van der Waals surface area contributed by atoms with Gasteiger partial charge in [0.1, 0.15) is 18.1 Å². The molecule has 5 heteroatoms. The molecule has 0 aromatic heterocycles. The summed E-state index contributed by atoms with van der Waals surface area (Å²) in [6.45, 7) is 15.8. The van der Waals surface area contributed by atoms with Crippen LogP contribution >= 0.6 is 0 Å². The van der Waals surface area contributed by atoms with E-state index in [1.54, 1.807) is 20.1 Å². The molecule has 5 nitrogen and oxygen atoms in total. The number of carbonyl (C=O) groups excluding carboxylic acids is 1. The van der Waals surface area contributed by atoms with Gasteiger partial charge in [-0.1, -0.05) is 90.1 Å². The van der Waals surface area contributed by atoms with Gasteiger partial charge in [-0.05, 0) is 52.7 Å². The van der Waals surface area contributed by atoms with E-state index in [-0.39, 0.29) is 23.6 Å². The van der Waals surface area contributed by atoms with E-state index in [0.29, 0.717) is 13.2 Å². The van der Waals surface area contributed by atoms with Gasteiger partial charge in [-0.3, -0.25) is 0 Å². The predicted octanol–water partition coefficient (Wildman–Crippen LogP) is 8.09. The lowest BCUT2D eigenvalue weighted by atomic mass is 9.77. The van der Waals surface area contributed by atoms with Gasteiger partial charge >= 0.3 is 5.97 Å². The molecule has 0 spiro atoms. The van der Waals surface area contributed by atoms with Crippen molar-refractivity contribution in [3.05, 3.63) is 89.0 Å². The van der Waals surface area contributed by atoms with Crippen LogP contribution in [-0.2, 0) is 31.7 Å². The van der Waals surface area contributed by atoms with E-state index in [2.05, 4.69) is 59.7 Å². The molecule has 0 N–H and O–H groups in total. The Morgan fingerprint density at radius 2 is 1.46 bits per heavy atom. The highest BCUT2D eigenvalue weighted by Gasteiger charge is 2.32. The van der Waals surface area contributed by atoms with Crippen LogP contribution in [0.15, 0.2) is 66.7 Å². The Labute approximate surface area is 233 Å². The van der Waals surface area contributed by atoms with Crippen LogP contribution in [0.1, 0.15) is 70.7 Å². The largest absolute Gasteiger partial charge is 0.488 e. The third-order valence-electron chi connectivity index (χ3n) is 6.27. The van der Waals surface area contributed by atoms with Crippen LogP contribution in [0.4, 0.5) is 0 Å². The third-order valence-corrected chi connectivity index (χ3v) is 6.27. The van der Waals surface area contributed by atoms with Gasteiger partial charge in [-0.15, -0.1) is 0 Å². The number of ether oxygens (including phenoxy) is 4. The molecule has 0 saturated heterocycles. The molecule has 0 fully saturated rings. The SMILES string of the molecule is CCOC(=O)C=Cc1cccc(-c2c(OCOC)c(C(C)(C)C)cc(C(C)(C)C)c2OCc2ccccc2)c1. The summed E-state index contributed by atoms with van der Waals surface area (Å²) < 4.78 is 23.4. The standard InChI is InChI=1S/C34H42O5/c1-9-37-29(35)19-18-24-16-13-17-26(20-24)30-31(38-22-25-14-11-10-12-15-25)27(33(2,3)4)21-28(34(5,6)7)32(30)39-23-36-8/h10-21H,9,22-23H2,1-8H3. The highest BCUT2D eigenvalue weighted by Crippen LogP contribution is 2.50. The molecule has 3 aromatic carbocycles. The Morgan fingerprint density at radius 1 is 0.821 bits per heavy atom. The van der Waals surface area contributed by atoms with E-state index in [1.165, 1.54) is 6.08 Å². The van der Waals surface area contributed by atoms with Crippen molar-refractivity contribution in [2.24, 2.45) is 0 Å². The second-order valence-electron chi connectivity index (χ2n) is 11.5. The molecule has 39 heavy (non-hydrogen) atoms. The number of rotatable bonds is 10. The molecule has 0 atom stereocenters. The van der Waals surface area contributed by atoms with E-state index in [4.69, 9.17) is 18.9 Å². The molecular weight excluding hydrogens is 488 g/mol. The predicted molar refractivity (Wildman–Crippen MR) is 158 cm³/mol. The first-order valence-electron chi connectivity index (χ1n) is 13.4. The van der Waals surface area contributed by atoms with Crippen molar-refractivity contribution in [1.82, 2.24) is 0 Å². The van der Waals surface area contributed by atoms with Crippen molar-refractivity contribution < 1.29 is 23.7 Å². The summed E-state index contributed by atoms with van der Waals surface area (Å²) in [5.74, 6) is 1.13. The highest BCUT2D eigenvalue weighted by molar-refractivity contribution is 5.88. The van der Waals surface area contributed by atoms with Crippen LogP contribution in [0.3, 0.4) is 0 Å². The summed E-state index contributed by atoms with van der Waals surface area (Å²) in [5, 5.41) is 0. The first-order chi connectivity index (χ1) is 18.5. The Hall–Kier alpha value is -3.57. The molecule has 0 amide bonds. The molecule has 3 rings (SSSR count). The number of carbonyl (C=O) groups is 1. The monoisotopic (exact) mass is 530 g/mol. The van der Waals surface area contributed by atoms with Crippen molar-refractivity contribution in [2.45, 2.75) is 65.9 Å². The second-order valence-corrected chi connectivity index (χ2v) is 11.5. The minimum Gasteiger partial charge on any atom is -0.488 e. The Bertz CT molecular complexity index is 1280. The lowest BCUT2D eigenvalue weighted by Crippen LogP contribution is -2.20. The molecule has 0 radical (unpaired) electrons. The van der Waals surface area contributed by atoms with Gasteiger partial charge in [-0.2, -0.15) is 0 Å². The fourth-order valence-corrected chi connectivity index (χ4v) is 4.32. The fraction of sp³-hybridized carbons (Fsp3) is 0.382. The second kappa shape index (κ2) is 13.0. The van der Waals surface area contributed by atoms with Crippen LogP contribution in [0.2, 0.25) is 0 Å². The number of benzene rings is 3. The number of hydrogen-bond acceptors (Lipinski definition) is 5. The average Bonchev–Trinajstić information content (AvgIpc) is 2.88. The zero-order valence-corrected chi connectivity index (χ0v) is 24.6. The molecule has 0 aliphatic carbocycles. The number of methoxy groups -OCH3 is 1. The summed E-state index contributed by atoms with van der Waals surface area (Å²) in [4.78, 5) is 12.0. The first-order valence-corrected chi connectivity index (χ1v) is 13.4. The van der Waals surface area contributed by atoms with E-state index in [9.17, 15) is 4.79 Å². The van der Waals surface area contributed by atoms with Crippen molar-refractivity contribution in [2.75, 3.05) is 20.5 Å². The van der Waals surface area contributed by atoms with Crippen molar-refractivity contribution in [1.29, 1.82) is 0 Å². The van der Waals surface area contributed by atoms with E-state index in [1.807, 2.05) is 42.5 Å². The van der Waals surface area contributed by atoms with Crippen molar-refractivity contribution in [3.8, 4) is 22.6 Å². The number of hydrogen-bond donors (Lipinski definition) is 0. The molecule has 0 aliphatic heterocycles. The van der Waals surface area contributed by atoms with Gasteiger partial charge in [0.15, 0.2) is 6.79 Å². The molecular formula is C34H42O5. The molecule has 0 unspecified atom stereocenters. The van der Waals surface area contributed by atoms with Crippen LogP contribution in [-0.4, -0.2) is 26.5 Å². The zero-order chi connectivity index (χ0) is 28.6. The van der Waals surface area contributed by atoms with Gasteiger partial charge in [-0.25, -0.2) is 4.79 Å². The van der Waals surface area contributed by atoms with Gasteiger partial charge in [0, 0.05) is 24.3 Å². The minimum atomic E-state index is -0.372. The van der Waals surface area contributed by atoms with Crippen LogP contribution in [0.5, 0.6) is 11.5 Å². The first kappa shape index (κ1) is 30.0. The zero-order valence-electron chi connectivity index (χ0n) is 24.6. The van der Waals surface area contributed by atoms with E-state index < -0.39 is 0 Å².